The summed E-state index contributed by atoms with van der Waals surface area (Å²) in [5.41, 5.74) is 1.98. The van der Waals surface area contributed by atoms with Gasteiger partial charge in [0.1, 0.15) is 6.07 Å². The summed E-state index contributed by atoms with van der Waals surface area (Å²) < 4.78 is 6.33. The lowest BCUT2D eigenvalue weighted by molar-refractivity contribution is 0.0342. The first-order valence-corrected chi connectivity index (χ1v) is 6.36. The van der Waals surface area contributed by atoms with E-state index < -0.39 is 0 Å². The molecule has 1 heterocycles. The van der Waals surface area contributed by atoms with Gasteiger partial charge in [0.25, 0.3) is 0 Å². The third kappa shape index (κ3) is 2.94. The smallest absolute Gasteiger partial charge is 0.100 e. The molecule has 0 saturated carbocycles. The second-order valence-corrected chi connectivity index (χ2v) is 4.98. The number of benzene rings is 1. The average Bonchev–Trinajstić information content (AvgIpc) is 2.33. The first-order chi connectivity index (χ1) is 7.79. The quantitative estimate of drug-likeness (QED) is 0.779. The molecule has 3 nitrogen and oxygen atoms in total. The molecule has 0 radical (unpaired) electrons. The van der Waals surface area contributed by atoms with Crippen LogP contribution >= 0.6 is 22.6 Å². The van der Waals surface area contributed by atoms with Crippen molar-refractivity contribution < 1.29 is 4.74 Å². The largest absolute Gasteiger partial charge is 0.379 e. The summed E-state index contributed by atoms with van der Waals surface area (Å²) in [6.07, 6.45) is 0. The van der Waals surface area contributed by atoms with E-state index >= 15 is 0 Å². The maximum atomic E-state index is 8.96. The van der Waals surface area contributed by atoms with Gasteiger partial charge < -0.3 is 4.74 Å². The fourth-order valence-electron chi connectivity index (χ4n) is 1.77. The zero-order valence-corrected chi connectivity index (χ0v) is 11.1. The van der Waals surface area contributed by atoms with Crippen molar-refractivity contribution in [2.45, 2.75) is 6.54 Å². The van der Waals surface area contributed by atoms with Crippen molar-refractivity contribution in [2.24, 2.45) is 0 Å². The van der Waals surface area contributed by atoms with E-state index in [1.54, 1.807) is 0 Å². The van der Waals surface area contributed by atoms with Crippen molar-refractivity contribution in [3.8, 4) is 6.07 Å². The van der Waals surface area contributed by atoms with Gasteiger partial charge in [0.05, 0.1) is 18.8 Å². The third-order valence-electron chi connectivity index (χ3n) is 2.66. The second-order valence-electron chi connectivity index (χ2n) is 3.81. The average molecular weight is 328 g/mol. The van der Waals surface area contributed by atoms with E-state index in [1.807, 2.05) is 12.1 Å². The Morgan fingerprint density at radius 2 is 2.12 bits per heavy atom. The highest BCUT2D eigenvalue weighted by molar-refractivity contribution is 14.1. The van der Waals surface area contributed by atoms with Gasteiger partial charge in [-0.25, -0.2) is 0 Å². The molecular weight excluding hydrogens is 315 g/mol. The summed E-state index contributed by atoms with van der Waals surface area (Å²) in [6, 6.07) is 8.31. The minimum Gasteiger partial charge on any atom is -0.379 e. The van der Waals surface area contributed by atoms with Crippen LogP contribution in [-0.2, 0) is 11.3 Å². The van der Waals surface area contributed by atoms with Crippen LogP contribution in [0.3, 0.4) is 0 Å². The van der Waals surface area contributed by atoms with Gasteiger partial charge >= 0.3 is 0 Å². The Balaban J connectivity index is 2.06. The minimum atomic E-state index is 0.770. The maximum Gasteiger partial charge on any atom is 0.100 e. The molecule has 0 bridgehead atoms. The first-order valence-electron chi connectivity index (χ1n) is 5.28. The molecule has 0 aliphatic carbocycles. The van der Waals surface area contributed by atoms with Gasteiger partial charge in [0.2, 0.25) is 0 Å². The van der Waals surface area contributed by atoms with Crippen LogP contribution < -0.4 is 0 Å². The molecular formula is C12H13IN2O. The fourth-order valence-corrected chi connectivity index (χ4v) is 2.23. The molecule has 1 aromatic rings. The SMILES string of the molecule is N#Cc1cc(CN2CCOCC2)ccc1I. The topological polar surface area (TPSA) is 36.3 Å². The number of rotatable bonds is 2. The number of halogens is 1. The van der Waals surface area contributed by atoms with E-state index in [4.69, 9.17) is 10.00 Å². The normalized spacial score (nSPS) is 17.0. The zero-order valence-electron chi connectivity index (χ0n) is 8.95. The van der Waals surface area contributed by atoms with E-state index in [9.17, 15) is 0 Å². The van der Waals surface area contributed by atoms with Crippen LogP contribution in [0.25, 0.3) is 0 Å². The van der Waals surface area contributed by atoms with Crippen LogP contribution in [0.4, 0.5) is 0 Å². The standard InChI is InChI=1S/C12H13IN2O/c13-12-2-1-10(7-11(12)8-14)9-15-3-5-16-6-4-15/h1-2,7H,3-6,9H2. The molecule has 2 rings (SSSR count). The summed E-state index contributed by atoms with van der Waals surface area (Å²) in [5.74, 6) is 0. The molecule has 0 N–H and O–H groups in total. The Morgan fingerprint density at radius 1 is 1.38 bits per heavy atom. The van der Waals surface area contributed by atoms with Crippen molar-refractivity contribution >= 4 is 22.6 Å². The summed E-state index contributed by atoms with van der Waals surface area (Å²) in [6.45, 7) is 4.50. The summed E-state index contributed by atoms with van der Waals surface area (Å²) in [5, 5.41) is 8.96. The monoisotopic (exact) mass is 328 g/mol. The van der Waals surface area contributed by atoms with Gasteiger partial charge in [-0.15, -0.1) is 0 Å². The second kappa shape index (κ2) is 5.62. The molecule has 0 unspecified atom stereocenters. The molecule has 0 atom stereocenters. The molecule has 1 aliphatic heterocycles. The highest BCUT2D eigenvalue weighted by atomic mass is 127. The van der Waals surface area contributed by atoms with Crippen molar-refractivity contribution in [1.29, 1.82) is 5.26 Å². The number of nitriles is 1. The molecule has 1 aliphatic rings. The van der Waals surface area contributed by atoms with E-state index in [-0.39, 0.29) is 0 Å². The molecule has 1 fully saturated rings. The molecule has 0 spiro atoms. The molecule has 0 aromatic heterocycles. The summed E-state index contributed by atoms with van der Waals surface area (Å²) in [4.78, 5) is 2.35. The van der Waals surface area contributed by atoms with Gasteiger partial charge in [-0.2, -0.15) is 5.26 Å². The highest BCUT2D eigenvalue weighted by Gasteiger charge is 2.11. The Labute approximate surface area is 109 Å². The van der Waals surface area contributed by atoms with E-state index in [1.165, 1.54) is 5.56 Å². The van der Waals surface area contributed by atoms with Crippen LogP contribution in [0.5, 0.6) is 0 Å². The maximum absolute atomic E-state index is 8.96. The number of hydrogen-bond acceptors (Lipinski definition) is 3. The van der Waals surface area contributed by atoms with Crippen molar-refractivity contribution in [2.75, 3.05) is 26.3 Å². The predicted molar refractivity (Wildman–Crippen MR) is 70.0 cm³/mol. The summed E-state index contributed by atoms with van der Waals surface area (Å²) in [7, 11) is 0. The lowest BCUT2D eigenvalue weighted by Crippen LogP contribution is -2.35. The van der Waals surface area contributed by atoms with Crippen LogP contribution in [0.15, 0.2) is 18.2 Å². The lowest BCUT2D eigenvalue weighted by atomic mass is 10.1. The van der Waals surface area contributed by atoms with Crippen molar-refractivity contribution in [3.63, 3.8) is 0 Å². The first kappa shape index (κ1) is 11.8. The molecule has 1 aromatic carbocycles. The van der Waals surface area contributed by atoms with Gasteiger partial charge in [0, 0.05) is 23.2 Å². The molecule has 1 saturated heterocycles. The van der Waals surface area contributed by atoms with Gasteiger partial charge in [-0.3, -0.25) is 4.90 Å². The Morgan fingerprint density at radius 3 is 2.81 bits per heavy atom. The number of nitrogens with zero attached hydrogens (tertiary/aromatic N) is 2. The minimum absolute atomic E-state index is 0.770. The Bertz CT molecular complexity index is 408. The molecule has 0 amide bonds. The number of hydrogen-bond donors (Lipinski definition) is 0. The number of morpholine rings is 1. The lowest BCUT2D eigenvalue weighted by Gasteiger charge is -2.26. The van der Waals surface area contributed by atoms with Crippen LogP contribution in [0, 0.1) is 14.9 Å². The molecule has 16 heavy (non-hydrogen) atoms. The highest BCUT2D eigenvalue weighted by Crippen LogP contribution is 2.15. The third-order valence-corrected chi connectivity index (χ3v) is 3.60. The van der Waals surface area contributed by atoms with Crippen LogP contribution in [0.2, 0.25) is 0 Å². The van der Waals surface area contributed by atoms with Crippen molar-refractivity contribution in [1.82, 2.24) is 4.90 Å². The van der Waals surface area contributed by atoms with E-state index in [0.717, 1.165) is 42.0 Å². The summed E-state index contributed by atoms with van der Waals surface area (Å²) >= 11 is 2.19. The van der Waals surface area contributed by atoms with E-state index in [2.05, 4.69) is 39.6 Å². The van der Waals surface area contributed by atoms with Gasteiger partial charge in [-0.1, -0.05) is 6.07 Å². The van der Waals surface area contributed by atoms with Gasteiger partial charge in [-0.05, 0) is 40.3 Å². The Kier molecular flexibility index (Phi) is 4.16. The molecule has 4 heteroatoms. The fraction of sp³-hybridized carbons (Fsp3) is 0.417. The zero-order chi connectivity index (χ0) is 11.4. The van der Waals surface area contributed by atoms with Gasteiger partial charge in [0.15, 0.2) is 0 Å². The van der Waals surface area contributed by atoms with E-state index in [0.29, 0.717) is 0 Å². The van der Waals surface area contributed by atoms with Crippen LogP contribution in [-0.4, -0.2) is 31.2 Å². The van der Waals surface area contributed by atoms with Crippen molar-refractivity contribution in [3.05, 3.63) is 32.9 Å². The van der Waals surface area contributed by atoms with Crippen LogP contribution in [0.1, 0.15) is 11.1 Å². The molecule has 84 valence electrons. The predicted octanol–water partition coefficient (Wildman–Crippen LogP) is 2.00. The Hall–Kier alpha value is -0.640. The number of ether oxygens (including phenoxy) is 1.